The number of rotatable bonds is 3. The van der Waals surface area contributed by atoms with Crippen LogP contribution in [-0.2, 0) is 0 Å². The van der Waals surface area contributed by atoms with Crippen molar-refractivity contribution in [1.29, 1.82) is 0 Å². The van der Waals surface area contributed by atoms with E-state index >= 15 is 0 Å². The lowest BCUT2D eigenvalue weighted by atomic mass is 9.96. The maximum absolute atomic E-state index is 12.3. The van der Waals surface area contributed by atoms with Gasteiger partial charge in [0.1, 0.15) is 5.75 Å². The lowest BCUT2D eigenvalue weighted by Crippen LogP contribution is -2.12. The second-order valence-electron chi connectivity index (χ2n) is 4.19. The number of ether oxygens (including phenoxy) is 1. The summed E-state index contributed by atoms with van der Waals surface area (Å²) in [6.07, 6.45) is 4.39. The van der Waals surface area contributed by atoms with Gasteiger partial charge in [0.2, 0.25) is 0 Å². The standard InChI is InChI=1S/C13H15BrO2/c1-16-12-7-6-10(14)8-11(12)13(15)9-4-2-3-5-9/h6-9H,2-5H2,1H3. The first-order valence-electron chi connectivity index (χ1n) is 5.60. The summed E-state index contributed by atoms with van der Waals surface area (Å²) in [5, 5.41) is 0. The zero-order valence-electron chi connectivity index (χ0n) is 9.33. The fourth-order valence-corrected chi connectivity index (χ4v) is 2.64. The molecule has 1 aromatic carbocycles. The van der Waals surface area contributed by atoms with Crippen LogP contribution in [0.2, 0.25) is 0 Å². The Hall–Kier alpha value is -0.830. The normalized spacial score (nSPS) is 16.4. The monoisotopic (exact) mass is 282 g/mol. The number of Topliss-reactive ketones (excluding diaryl/α,β-unsaturated/α-hetero) is 1. The van der Waals surface area contributed by atoms with E-state index in [-0.39, 0.29) is 11.7 Å². The predicted octanol–water partition coefficient (Wildman–Crippen LogP) is 3.83. The van der Waals surface area contributed by atoms with Crippen molar-refractivity contribution in [2.75, 3.05) is 7.11 Å². The van der Waals surface area contributed by atoms with Crippen LogP contribution in [-0.4, -0.2) is 12.9 Å². The fraction of sp³-hybridized carbons (Fsp3) is 0.462. The fourth-order valence-electron chi connectivity index (χ4n) is 2.28. The molecule has 3 heteroatoms. The Morgan fingerprint density at radius 1 is 1.38 bits per heavy atom. The van der Waals surface area contributed by atoms with Crippen molar-refractivity contribution in [2.45, 2.75) is 25.7 Å². The van der Waals surface area contributed by atoms with E-state index in [1.165, 1.54) is 12.8 Å². The van der Waals surface area contributed by atoms with Crippen molar-refractivity contribution in [3.63, 3.8) is 0 Å². The molecule has 1 aliphatic rings. The van der Waals surface area contributed by atoms with Crippen molar-refractivity contribution in [3.8, 4) is 5.75 Å². The highest BCUT2D eigenvalue weighted by Crippen LogP contribution is 2.32. The van der Waals surface area contributed by atoms with Crippen molar-refractivity contribution in [3.05, 3.63) is 28.2 Å². The van der Waals surface area contributed by atoms with Crippen molar-refractivity contribution < 1.29 is 9.53 Å². The smallest absolute Gasteiger partial charge is 0.169 e. The molecule has 0 aliphatic heterocycles. The minimum atomic E-state index is 0.197. The first kappa shape index (κ1) is 11.6. The summed E-state index contributed by atoms with van der Waals surface area (Å²) >= 11 is 3.39. The van der Waals surface area contributed by atoms with Gasteiger partial charge in [-0.1, -0.05) is 28.8 Å². The highest BCUT2D eigenvalue weighted by molar-refractivity contribution is 9.10. The topological polar surface area (TPSA) is 26.3 Å². The molecule has 0 radical (unpaired) electrons. The van der Waals surface area contributed by atoms with E-state index in [1.54, 1.807) is 7.11 Å². The molecular weight excluding hydrogens is 268 g/mol. The minimum Gasteiger partial charge on any atom is -0.496 e. The Balaban J connectivity index is 2.30. The zero-order chi connectivity index (χ0) is 11.5. The van der Waals surface area contributed by atoms with Crippen molar-refractivity contribution in [2.24, 2.45) is 5.92 Å². The molecular formula is C13H15BrO2. The Morgan fingerprint density at radius 2 is 2.06 bits per heavy atom. The highest BCUT2D eigenvalue weighted by Gasteiger charge is 2.26. The summed E-state index contributed by atoms with van der Waals surface area (Å²) in [7, 11) is 1.61. The third-order valence-corrected chi connectivity index (χ3v) is 3.65. The van der Waals surface area contributed by atoms with E-state index in [1.807, 2.05) is 18.2 Å². The van der Waals surface area contributed by atoms with E-state index in [9.17, 15) is 4.79 Å². The maximum Gasteiger partial charge on any atom is 0.169 e. The molecule has 0 spiro atoms. The molecule has 0 N–H and O–H groups in total. The number of carbonyl (C=O) groups is 1. The van der Waals surface area contributed by atoms with Crippen molar-refractivity contribution >= 4 is 21.7 Å². The van der Waals surface area contributed by atoms with Gasteiger partial charge in [-0.25, -0.2) is 0 Å². The summed E-state index contributed by atoms with van der Waals surface area (Å²) in [6, 6.07) is 5.59. The molecule has 1 aromatic rings. The number of methoxy groups -OCH3 is 1. The number of hydrogen-bond acceptors (Lipinski definition) is 2. The summed E-state index contributed by atoms with van der Waals surface area (Å²) < 4.78 is 6.16. The summed E-state index contributed by atoms with van der Waals surface area (Å²) in [4.78, 5) is 12.3. The van der Waals surface area contributed by atoms with Crippen LogP contribution < -0.4 is 4.74 Å². The Bertz CT molecular complexity index is 395. The van der Waals surface area contributed by atoms with Crippen LogP contribution >= 0.6 is 15.9 Å². The number of halogens is 1. The summed E-state index contributed by atoms with van der Waals surface area (Å²) in [6.45, 7) is 0. The molecule has 0 unspecified atom stereocenters. The van der Waals surface area contributed by atoms with Gasteiger partial charge in [-0.15, -0.1) is 0 Å². The first-order chi connectivity index (χ1) is 7.72. The average Bonchev–Trinajstić information content (AvgIpc) is 2.81. The van der Waals surface area contributed by atoms with Crippen LogP contribution in [0.25, 0.3) is 0 Å². The number of hydrogen-bond donors (Lipinski definition) is 0. The Kier molecular flexibility index (Phi) is 3.64. The van der Waals surface area contributed by atoms with E-state index in [0.717, 1.165) is 17.3 Å². The largest absolute Gasteiger partial charge is 0.496 e. The molecule has 16 heavy (non-hydrogen) atoms. The quantitative estimate of drug-likeness (QED) is 0.788. The molecule has 0 aromatic heterocycles. The van der Waals surface area contributed by atoms with E-state index in [0.29, 0.717) is 11.3 Å². The third-order valence-electron chi connectivity index (χ3n) is 3.15. The third kappa shape index (κ3) is 2.29. The highest BCUT2D eigenvalue weighted by atomic mass is 79.9. The first-order valence-corrected chi connectivity index (χ1v) is 6.39. The van der Waals surface area contributed by atoms with Crippen LogP contribution in [0.3, 0.4) is 0 Å². The van der Waals surface area contributed by atoms with Gasteiger partial charge in [0.25, 0.3) is 0 Å². The lowest BCUT2D eigenvalue weighted by Gasteiger charge is -2.12. The van der Waals surface area contributed by atoms with Crippen LogP contribution in [0.15, 0.2) is 22.7 Å². The van der Waals surface area contributed by atoms with Crippen LogP contribution in [0, 0.1) is 5.92 Å². The maximum atomic E-state index is 12.3. The Labute approximate surface area is 104 Å². The molecule has 0 atom stereocenters. The second-order valence-corrected chi connectivity index (χ2v) is 5.11. The average molecular weight is 283 g/mol. The molecule has 2 nitrogen and oxygen atoms in total. The SMILES string of the molecule is COc1ccc(Br)cc1C(=O)C1CCCC1. The number of benzene rings is 1. The molecule has 0 heterocycles. The van der Waals surface area contributed by atoms with Crippen molar-refractivity contribution in [1.82, 2.24) is 0 Å². The molecule has 0 amide bonds. The van der Waals surface area contributed by atoms with Gasteiger partial charge in [0.15, 0.2) is 5.78 Å². The lowest BCUT2D eigenvalue weighted by molar-refractivity contribution is 0.0919. The molecule has 2 rings (SSSR count). The van der Waals surface area contributed by atoms with Gasteiger partial charge >= 0.3 is 0 Å². The van der Waals surface area contributed by atoms with Gasteiger partial charge in [-0.2, -0.15) is 0 Å². The van der Waals surface area contributed by atoms with E-state index in [4.69, 9.17) is 4.74 Å². The summed E-state index contributed by atoms with van der Waals surface area (Å²) in [5.74, 6) is 1.11. The Morgan fingerprint density at radius 3 is 2.69 bits per heavy atom. The summed E-state index contributed by atoms with van der Waals surface area (Å²) in [5.41, 5.74) is 0.712. The van der Waals surface area contributed by atoms with E-state index < -0.39 is 0 Å². The van der Waals surface area contributed by atoms with Gasteiger partial charge in [-0.05, 0) is 31.0 Å². The number of ketones is 1. The molecule has 0 bridgehead atoms. The van der Waals surface area contributed by atoms with Gasteiger partial charge in [-0.3, -0.25) is 4.79 Å². The minimum absolute atomic E-state index is 0.197. The second kappa shape index (κ2) is 5.00. The van der Waals surface area contributed by atoms with E-state index in [2.05, 4.69) is 15.9 Å². The molecule has 86 valence electrons. The molecule has 1 aliphatic carbocycles. The van der Waals surface area contributed by atoms with Gasteiger partial charge in [0, 0.05) is 10.4 Å². The predicted molar refractivity (Wildman–Crippen MR) is 67.0 cm³/mol. The number of carbonyl (C=O) groups excluding carboxylic acids is 1. The van der Waals surface area contributed by atoms with Gasteiger partial charge in [0.05, 0.1) is 12.7 Å². The van der Waals surface area contributed by atoms with Crippen LogP contribution in [0.5, 0.6) is 5.75 Å². The molecule has 0 saturated heterocycles. The van der Waals surface area contributed by atoms with Crippen LogP contribution in [0.4, 0.5) is 0 Å². The molecule has 1 fully saturated rings. The molecule has 1 saturated carbocycles. The van der Waals surface area contributed by atoms with Gasteiger partial charge < -0.3 is 4.74 Å². The zero-order valence-corrected chi connectivity index (χ0v) is 10.9. The van der Waals surface area contributed by atoms with Crippen LogP contribution in [0.1, 0.15) is 36.0 Å².